The fourth-order valence-corrected chi connectivity index (χ4v) is 1.27. The van der Waals surface area contributed by atoms with E-state index in [1.54, 1.807) is 13.0 Å². The molecular weight excluding hydrogens is 169 g/mol. The van der Waals surface area contributed by atoms with Gasteiger partial charge < -0.3 is 4.74 Å². The van der Waals surface area contributed by atoms with Crippen molar-refractivity contribution in [2.24, 2.45) is 0 Å². The molecule has 0 aromatic heterocycles. The van der Waals surface area contributed by atoms with Crippen LogP contribution >= 0.6 is 0 Å². The summed E-state index contributed by atoms with van der Waals surface area (Å²) in [7, 11) is 0. The van der Waals surface area contributed by atoms with E-state index in [2.05, 4.69) is 4.85 Å². The molecule has 1 aliphatic heterocycles. The van der Waals surface area contributed by atoms with Crippen molar-refractivity contribution < 1.29 is 9.13 Å². The van der Waals surface area contributed by atoms with Gasteiger partial charge in [-0.15, -0.1) is 0 Å². The smallest absolute Gasteiger partial charge is 0.190 e. The maximum atomic E-state index is 13.3. The van der Waals surface area contributed by atoms with E-state index >= 15 is 0 Å². The molecule has 1 aromatic carbocycles. The first-order valence-corrected chi connectivity index (χ1v) is 4.01. The van der Waals surface area contributed by atoms with Crippen LogP contribution in [0.1, 0.15) is 17.2 Å². The monoisotopic (exact) mass is 177 g/mol. The minimum absolute atomic E-state index is 0.124. The predicted octanol–water partition coefficient (Wildman–Crippen LogP) is 2.76. The van der Waals surface area contributed by atoms with Gasteiger partial charge in [-0.3, -0.25) is 0 Å². The Morgan fingerprint density at radius 1 is 1.62 bits per heavy atom. The summed E-state index contributed by atoms with van der Waals surface area (Å²) >= 11 is 0. The van der Waals surface area contributed by atoms with Crippen LogP contribution < -0.4 is 0 Å². The third kappa shape index (κ3) is 1.41. The predicted molar refractivity (Wildman–Crippen MR) is 46.1 cm³/mol. The van der Waals surface area contributed by atoms with Gasteiger partial charge in [0, 0.05) is 5.56 Å². The molecule has 1 fully saturated rings. The van der Waals surface area contributed by atoms with Crippen LogP contribution in [0.15, 0.2) is 12.1 Å². The van der Waals surface area contributed by atoms with E-state index in [0.717, 1.165) is 0 Å². The van der Waals surface area contributed by atoms with E-state index in [9.17, 15) is 4.39 Å². The van der Waals surface area contributed by atoms with Crippen LogP contribution in [0.4, 0.5) is 10.1 Å². The van der Waals surface area contributed by atoms with E-state index in [-0.39, 0.29) is 11.9 Å². The molecule has 0 bridgehead atoms. The van der Waals surface area contributed by atoms with Gasteiger partial charge in [-0.2, -0.15) is 0 Å². The van der Waals surface area contributed by atoms with Gasteiger partial charge in [0.15, 0.2) is 5.69 Å². The summed E-state index contributed by atoms with van der Waals surface area (Å²) in [5.41, 5.74) is 1.69. The summed E-state index contributed by atoms with van der Waals surface area (Å²) in [5, 5.41) is 0. The minimum Gasteiger partial charge on any atom is -0.368 e. The first-order chi connectivity index (χ1) is 6.22. The van der Waals surface area contributed by atoms with E-state index in [4.69, 9.17) is 11.3 Å². The molecule has 1 atom stereocenters. The highest BCUT2D eigenvalue weighted by molar-refractivity contribution is 5.54. The Balaban J connectivity index is 2.52. The van der Waals surface area contributed by atoms with Gasteiger partial charge in [0.1, 0.15) is 11.9 Å². The second kappa shape index (κ2) is 2.82. The summed E-state index contributed by atoms with van der Waals surface area (Å²) in [6.07, 6.45) is -0.124. The highest BCUT2D eigenvalue weighted by Gasteiger charge is 2.28. The number of hydrogen-bond donors (Lipinski definition) is 0. The van der Waals surface area contributed by atoms with E-state index in [1.807, 2.05) is 0 Å². The van der Waals surface area contributed by atoms with Crippen molar-refractivity contribution in [2.75, 3.05) is 6.61 Å². The molecule has 2 nitrogen and oxygen atoms in total. The molecule has 0 amide bonds. The van der Waals surface area contributed by atoms with Crippen molar-refractivity contribution in [1.82, 2.24) is 0 Å². The molecule has 1 aromatic rings. The zero-order valence-electron chi connectivity index (χ0n) is 7.17. The summed E-state index contributed by atoms with van der Waals surface area (Å²) in [6.45, 7) is 9.17. The Bertz CT molecular complexity index is 391. The fraction of sp³-hybridized carbons (Fsp3) is 0.300. The van der Waals surface area contributed by atoms with Crippen molar-refractivity contribution in [1.29, 1.82) is 0 Å². The number of nitrogens with zero attached hydrogens (tertiary/aromatic N) is 1. The normalized spacial score (nSPS) is 19.6. The van der Waals surface area contributed by atoms with Crippen LogP contribution in [0.2, 0.25) is 0 Å². The molecule has 0 saturated carbocycles. The number of aryl methyl sites for hydroxylation is 1. The zero-order valence-corrected chi connectivity index (χ0v) is 7.17. The largest absolute Gasteiger partial charge is 0.368 e. The first kappa shape index (κ1) is 8.21. The van der Waals surface area contributed by atoms with Crippen LogP contribution in [0.3, 0.4) is 0 Å². The average Bonchev–Trinajstić information content (AvgIpc) is 2.88. The summed E-state index contributed by atoms with van der Waals surface area (Å²) in [6, 6.07) is 2.97. The maximum Gasteiger partial charge on any atom is 0.190 e. The standard InChI is InChI=1S/C10H8FNO/c1-6-3-8(11)7(10-5-13-10)4-9(6)12-2/h3-4,10H,5H2,1H3. The van der Waals surface area contributed by atoms with Gasteiger partial charge in [-0.05, 0) is 24.6 Å². The molecule has 0 N–H and O–H groups in total. The highest BCUT2D eigenvalue weighted by Crippen LogP contribution is 2.35. The van der Waals surface area contributed by atoms with Crippen LogP contribution in [0.25, 0.3) is 4.85 Å². The van der Waals surface area contributed by atoms with Gasteiger partial charge in [0.25, 0.3) is 0 Å². The number of benzene rings is 1. The van der Waals surface area contributed by atoms with Crippen LogP contribution in [-0.4, -0.2) is 6.61 Å². The van der Waals surface area contributed by atoms with Crippen molar-refractivity contribution >= 4 is 5.69 Å². The molecule has 2 rings (SSSR count). The molecule has 1 heterocycles. The van der Waals surface area contributed by atoms with E-state index in [0.29, 0.717) is 23.4 Å². The summed E-state index contributed by atoms with van der Waals surface area (Å²) in [4.78, 5) is 3.31. The molecule has 1 saturated heterocycles. The number of epoxide rings is 1. The first-order valence-electron chi connectivity index (χ1n) is 4.01. The van der Waals surface area contributed by atoms with Crippen molar-refractivity contribution in [3.8, 4) is 0 Å². The molecule has 0 radical (unpaired) electrons. The van der Waals surface area contributed by atoms with Crippen LogP contribution in [-0.2, 0) is 4.74 Å². The molecule has 13 heavy (non-hydrogen) atoms. The molecule has 66 valence electrons. The number of hydrogen-bond acceptors (Lipinski definition) is 1. The number of rotatable bonds is 1. The third-order valence-corrected chi connectivity index (χ3v) is 2.12. The Morgan fingerprint density at radius 3 is 2.85 bits per heavy atom. The second-order valence-corrected chi connectivity index (χ2v) is 3.09. The van der Waals surface area contributed by atoms with E-state index in [1.165, 1.54) is 6.07 Å². The van der Waals surface area contributed by atoms with Gasteiger partial charge in [0.05, 0.1) is 13.2 Å². The lowest BCUT2D eigenvalue weighted by Gasteiger charge is -2.02. The summed E-state index contributed by atoms with van der Waals surface area (Å²) < 4.78 is 18.2. The molecule has 1 unspecified atom stereocenters. The quantitative estimate of drug-likeness (QED) is 0.476. The molecule has 0 aliphatic carbocycles. The second-order valence-electron chi connectivity index (χ2n) is 3.09. The lowest BCUT2D eigenvalue weighted by atomic mass is 10.1. The SMILES string of the molecule is [C-]#[N+]c1cc(C2CO2)c(F)cc1C. The van der Waals surface area contributed by atoms with Crippen LogP contribution in [0.5, 0.6) is 0 Å². The van der Waals surface area contributed by atoms with Gasteiger partial charge in [-0.1, -0.05) is 0 Å². The lowest BCUT2D eigenvalue weighted by Crippen LogP contribution is -1.89. The molecule has 1 aliphatic rings. The average molecular weight is 177 g/mol. The highest BCUT2D eigenvalue weighted by atomic mass is 19.1. The topological polar surface area (TPSA) is 16.9 Å². The Hall–Kier alpha value is -1.40. The fourth-order valence-electron chi connectivity index (χ4n) is 1.27. The number of halogens is 1. The Kier molecular flexibility index (Phi) is 1.78. The van der Waals surface area contributed by atoms with Crippen LogP contribution in [0, 0.1) is 19.3 Å². The Labute approximate surface area is 75.8 Å². The van der Waals surface area contributed by atoms with Crippen molar-refractivity contribution in [3.05, 3.63) is 40.5 Å². The summed E-state index contributed by atoms with van der Waals surface area (Å²) in [5.74, 6) is -0.271. The van der Waals surface area contributed by atoms with Gasteiger partial charge in [0.2, 0.25) is 0 Å². The van der Waals surface area contributed by atoms with Gasteiger partial charge >= 0.3 is 0 Å². The van der Waals surface area contributed by atoms with Gasteiger partial charge in [-0.25, -0.2) is 9.24 Å². The lowest BCUT2D eigenvalue weighted by molar-refractivity contribution is 0.408. The molecule has 3 heteroatoms. The Morgan fingerprint density at radius 2 is 2.31 bits per heavy atom. The maximum absolute atomic E-state index is 13.3. The number of ether oxygens (including phenoxy) is 1. The minimum atomic E-state index is -0.271. The van der Waals surface area contributed by atoms with E-state index < -0.39 is 0 Å². The van der Waals surface area contributed by atoms with Crippen molar-refractivity contribution in [2.45, 2.75) is 13.0 Å². The molecular formula is C10H8FNO. The zero-order chi connectivity index (χ0) is 9.42. The molecule has 0 spiro atoms. The van der Waals surface area contributed by atoms with Crippen molar-refractivity contribution in [3.63, 3.8) is 0 Å². The third-order valence-electron chi connectivity index (χ3n) is 2.12.